The van der Waals surface area contributed by atoms with E-state index in [1.165, 1.54) is 0 Å². The molecule has 7 nitrogen and oxygen atoms in total. The zero-order valence-corrected chi connectivity index (χ0v) is 24.2. The summed E-state index contributed by atoms with van der Waals surface area (Å²) in [5, 5.41) is 17.0. The molecule has 3 saturated heterocycles. The van der Waals surface area contributed by atoms with Gasteiger partial charge in [-0.2, -0.15) is 0 Å². The molecule has 3 heterocycles. The van der Waals surface area contributed by atoms with Gasteiger partial charge in [0.25, 0.3) is 0 Å². The van der Waals surface area contributed by atoms with Crippen molar-refractivity contribution in [2.75, 3.05) is 17.2 Å². The molecule has 2 unspecified atom stereocenters. The van der Waals surface area contributed by atoms with Crippen LogP contribution >= 0.6 is 23.4 Å². The summed E-state index contributed by atoms with van der Waals surface area (Å²) in [5.74, 6) is -2.07. The van der Waals surface area contributed by atoms with E-state index in [1.54, 1.807) is 22.7 Å². The number of benzene rings is 3. The number of para-hydroxylation sites is 2. The summed E-state index contributed by atoms with van der Waals surface area (Å²) in [6, 6.07) is 22.7. The maximum Gasteiger partial charge on any atom is 0.248 e. The minimum atomic E-state index is -0.874. The van der Waals surface area contributed by atoms with Gasteiger partial charge in [-0.15, -0.1) is 11.8 Å². The molecule has 3 fully saturated rings. The number of anilines is 2. The van der Waals surface area contributed by atoms with Crippen LogP contribution in [0.5, 0.6) is 0 Å². The lowest BCUT2D eigenvalue weighted by Crippen LogP contribution is -2.55. The molecular weight excluding hydrogens is 558 g/mol. The highest BCUT2D eigenvalue weighted by Crippen LogP contribution is 2.66. The number of thioether (sulfide) groups is 1. The highest BCUT2D eigenvalue weighted by atomic mass is 35.5. The first-order valence-corrected chi connectivity index (χ1v) is 15.2. The maximum absolute atomic E-state index is 14.4. The third-order valence-corrected chi connectivity index (χ3v) is 11.0. The lowest BCUT2D eigenvalue weighted by Gasteiger charge is -2.37. The maximum atomic E-state index is 14.4. The Bertz CT molecular complexity index is 1450. The van der Waals surface area contributed by atoms with Crippen LogP contribution in [0.2, 0.25) is 5.02 Å². The molecule has 3 aromatic rings. The second-order valence-electron chi connectivity index (χ2n) is 11.1. The molecule has 41 heavy (non-hydrogen) atoms. The first-order valence-electron chi connectivity index (χ1n) is 13.9. The first kappa shape index (κ1) is 27.8. The van der Waals surface area contributed by atoms with Crippen molar-refractivity contribution in [1.82, 2.24) is 4.90 Å². The van der Waals surface area contributed by atoms with Gasteiger partial charge in [-0.05, 0) is 55.5 Å². The van der Waals surface area contributed by atoms with Gasteiger partial charge in [0, 0.05) is 10.9 Å². The number of aliphatic hydroxyl groups excluding tert-OH is 1. The van der Waals surface area contributed by atoms with Crippen molar-refractivity contribution in [2.45, 2.75) is 48.3 Å². The standard InChI is InChI=1S/C32H32ClN3O4S/c1-19-9-8-14-23(33)27(19)35-30(39)28-32-16-15-24(41-32)25(29(38)34-21-12-6-3-7-13-21)26(32)31(40)36(28)22(18-37)17-20-10-4-2-5-11-20/h2-14,22,24-26,28,37H,15-18H2,1H3,(H,34,38)(H,35,39)/t22-,24+,25-,26+,28?,32?/m1/s1. The van der Waals surface area contributed by atoms with Gasteiger partial charge in [-0.3, -0.25) is 14.4 Å². The molecule has 0 saturated carbocycles. The van der Waals surface area contributed by atoms with E-state index >= 15 is 0 Å². The smallest absolute Gasteiger partial charge is 0.248 e. The normalized spacial score (nSPS) is 27.0. The molecule has 3 amide bonds. The number of amides is 3. The van der Waals surface area contributed by atoms with Gasteiger partial charge < -0.3 is 20.6 Å². The van der Waals surface area contributed by atoms with E-state index in [-0.39, 0.29) is 29.6 Å². The summed E-state index contributed by atoms with van der Waals surface area (Å²) in [7, 11) is 0. The molecule has 1 spiro atoms. The topological polar surface area (TPSA) is 98.7 Å². The second kappa shape index (κ2) is 11.2. The predicted molar refractivity (Wildman–Crippen MR) is 162 cm³/mol. The van der Waals surface area contributed by atoms with Gasteiger partial charge in [-0.25, -0.2) is 0 Å². The largest absolute Gasteiger partial charge is 0.394 e. The van der Waals surface area contributed by atoms with Crippen LogP contribution < -0.4 is 10.6 Å². The molecule has 212 valence electrons. The Morgan fingerprint density at radius 2 is 1.73 bits per heavy atom. The van der Waals surface area contributed by atoms with E-state index in [4.69, 9.17) is 11.6 Å². The third kappa shape index (κ3) is 4.82. The van der Waals surface area contributed by atoms with E-state index in [0.29, 0.717) is 29.2 Å². The van der Waals surface area contributed by atoms with Gasteiger partial charge >= 0.3 is 0 Å². The van der Waals surface area contributed by atoms with Gasteiger partial charge in [0.15, 0.2) is 0 Å². The molecule has 6 rings (SSSR count). The summed E-state index contributed by atoms with van der Waals surface area (Å²) < 4.78 is -0.788. The fourth-order valence-electron chi connectivity index (χ4n) is 6.95. The summed E-state index contributed by atoms with van der Waals surface area (Å²) in [6.45, 7) is 1.55. The summed E-state index contributed by atoms with van der Waals surface area (Å²) >= 11 is 8.07. The molecule has 3 aliphatic rings. The highest BCUT2D eigenvalue weighted by molar-refractivity contribution is 8.02. The molecule has 0 radical (unpaired) electrons. The molecular formula is C32H32ClN3O4S. The number of hydrogen-bond acceptors (Lipinski definition) is 5. The Morgan fingerprint density at radius 1 is 1.02 bits per heavy atom. The minimum Gasteiger partial charge on any atom is -0.394 e. The van der Waals surface area contributed by atoms with Crippen LogP contribution in [0.15, 0.2) is 78.9 Å². The van der Waals surface area contributed by atoms with Crippen molar-refractivity contribution in [3.05, 3.63) is 95.0 Å². The van der Waals surface area contributed by atoms with Crippen molar-refractivity contribution in [2.24, 2.45) is 11.8 Å². The fraction of sp³-hybridized carbons (Fsp3) is 0.344. The third-order valence-electron chi connectivity index (χ3n) is 8.72. The fourth-order valence-corrected chi connectivity index (χ4v) is 9.43. The Morgan fingerprint density at radius 3 is 2.41 bits per heavy atom. The number of hydrogen-bond donors (Lipinski definition) is 3. The number of carbonyl (C=O) groups excluding carboxylic acids is 3. The number of fused-ring (bicyclic) bond motifs is 1. The second-order valence-corrected chi connectivity index (χ2v) is 13.1. The number of aryl methyl sites for hydroxylation is 1. The molecule has 3 N–H and O–H groups in total. The van der Waals surface area contributed by atoms with E-state index < -0.39 is 28.7 Å². The Kier molecular flexibility index (Phi) is 7.57. The SMILES string of the molecule is Cc1cccc(Cl)c1NC(=O)C1N([C@@H](CO)Cc2ccccc2)C(=O)[C@@H]2[C@H](C(=O)Nc3ccccc3)[C@@H]3CCC12S3. The lowest BCUT2D eigenvalue weighted by atomic mass is 9.70. The van der Waals surface area contributed by atoms with Gasteiger partial charge in [0.1, 0.15) is 6.04 Å². The van der Waals surface area contributed by atoms with Crippen LogP contribution in [0.25, 0.3) is 0 Å². The van der Waals surface area contributed by atoms with E-state index in [2.05, 4.69) is 10.6 Å². The molecule has 6 atom stereocenters. The van der Waals surface area contributed by atoms with E-state index in [1.807, 2.05) is 79.7 Å². The number of nitrogens with zero attached hydrogens (tertiary/aromatic N) is 1. The number of aliphatic hydroxyl groups is 1. The van der Waals surface area contributed by atoms with Gasteiger partial charge in [0.2, 0.25) is 17.7 Å². The number of halogens is 1. The molecule has 2 bridgehead atoms. The molecule has 0 aliphatic carbocycles. The monoisotopic (exact) mass is 589 g/mol. The first-order chi connectivity index (χ1) is 19.8. The van der Waals surface area contributed by atoms with Crippen molar-refractivity contribution in [1.29, 1.82) is 0 Å². The van der Waals surface area contributed by atoms with Crippen molar-refractivity contribution < 1.29 is 19.5 Å². The summed E-state index contributed by atoms with van der Waals surface area (Å²) in [4.78, 5) is 44.0. The lowest BCUT2D eigenvalue weighted by molar-refractivity contribution is -0.141. The minimum absolute atomic E-state index is 0.0751. The van der Waals surface area contributed by atoms with E-state index in [9.17, 15) is 19.5 Å². The Hall–Kier alpha value is -3.33. The van der Waals surface area contributed by atoms with Crippen molar-refractivity contribution >= 4 is 52.5 Å². The molecule has 9 heteroatoms. The molecule has 3 aromatic carbocycles. The van der Waals surface area contributed by atoms with E-state index in [0.717, 1.165) is 17.5 Å². The van der Waals surface area contributed by atoms with Crippen LogP contribution in [-0.4, -0.2) is 56.4 Å². The van der Waals surface area contributed by atoms with Crippen LogP contribution in [0, 0.1) is 18.8 Å². The molecule has 0 aromatic heterocycles. The Balaban J connectivity index is 1.39. The van der Waals surface area contributed by atoms with Gasteiger partial charge in [-0.1, -0.05) is 72.3 Å². The number of rotatable bonds is 8. The molecule has 3 aliphatic heterocycles. The van der Waals surface area contributed by atoms with Crippen molar-refractivity contribution in [3.63, 3.8) is 0 Å². The highest BCUT2D eigenvalue weighted by Gasteiger charge is 2.74. The average Bonchev–Trinajstić information content (AvgIpc) is 3.62. The van der Waals surface area contributed by atoms with Crippen LogP contribution in [0.1, 0.15) is 24.0 Å². The quantitative estimate of drug-likeness (QED) is 0.346. The zero-order chi connectivity index (χ0) is 28.7. The summed E-state index contributed by atoms with van der Waals surface area (Å²) in [6.07, 6.45) is 1.75. The van der Waals surface area contributed by atoms with Crippen LogP contribution in [0.4, 0.5) is 11.4 Å². The van der Waals surface area contributed by atoms with Crippen molar-refractivity contribution in [3.8, 4) is 0 Å². The summed E-state index contributed by atoms with van der Waals surface area (Å²) in [5.41, 5.74) is 2.93. The predicted octanol–water partition coefficient (Wildman–Crippen LogP) is 4.92. The Labute approximate surface area is 248 Å². The zero-order valence-electron chi connectivity index (χ0n) is 22.6. The van der Waals surface area contributed by atoms with Crippen LogP contribution in [-0.2, 0) is 20.8 Å². The van der Waals surface area contributed by atoms with Gasteiger partial charge in [0.05, 0.1) is 39.9 Å². The number of carbonyl (C=O) groups is 3. The average molecular weight is 590 g/mol. The number of nitrogens with one attached hydrogen (secondary N) is 2. The number of likely N-dealkylation sites (tertiary alicyclic amines) is 1. The van der Waals surface area contributed by atoms with Crippen LogP contribution in [0.3, 0.4) is 0 Å².